The van der Waals surface area contributed by atoms with Crippen LogP contribution in [0.15, 0.2) is 54.2 Å². The van der Waals surface area contributed by atoms with E-state index in [0.29, 0.717) is 30.0 Å². The van der Waals surface area contributed by atoms with Crippen LogP contribution in [0.3, 0.4) is 0 Å². The Bertz CT molecular complexity index is 982. The number of benzene rings is 2. The second kappa shape index (κ2) is 10.4. The first-order valence-electron chi connectivity index (χ1n) is 10.8. The maximum absolute atomic E-state index is 13.3. The van der Waals surface area contributed by atoms with Crippen LogP contribution in [-0.4, -0.2) is 42.1 Å². The second-order valence-electron chi connectivity index (χ2n) is 8.11. The number of nitrogens with zero attached hydrogens (tertiary/aromatic N) is 1. The molecule has 1 N–H and O–H groups in total. The van der Waals surface area contributed by atoms with Crippen molar-refractivity contribution in [1.82, 2.24) is 4.90 Å². The molecule has 2 aromatic rings. The van der Waals surface area contributed by atoms with Crippen molar-refractivity contribution < 1.29 is 23.5 Å². The standard InChI is InChI=1S/C25H29FN2O4/c1-16(2)31-15-5-14-28-24(29)22(18-6-12-21(13-7-18)32-17(3)4)23(25(28)30)27-20-10-8-19(26)9-11-20/h6-13,16-17,27H,5,14-15H2,1-4H3. The van der Waals surface area contributed by atoms with E-state index in [1.54, 1.807) is 24.3 Å². The van der Waals surface area contributed by atoms with E-state index in [-0.39, 0.29) is 41.7 Å². The van der Waals surface area contributed by atoms with E-state index in [4.69, 9.17) is 9.47 Å². The molecule has 0 saturated heterocycles. The molecule has 6 nitrogen and oxygen atoms in total. The van der Waals surface area contributed by atoms with Gasteiger partial charge in [-0.15, -0.1) is 0 Å². The third-order valence-corrected chi connectivity index (χ3v) is 4.77. The Hall–Kier alpha value is -3.19. The van der Waals surface area contributed by atoms with E-state index < -0.39 is 5.91 Å². The predicted molar refractivity (Wildman–Crippen MR) is 122 cm³/mol. The third kappa shape index (κ3) is 5.73. The first-order valence-corrected chi connectivity index (χ1v) is 10.8. The molecule has 0 spiro atoms. The van der Waals surface area contributed by atoms with Crippen molar-refractivity contribution in [2.45, 2.75) is 46.3 Å². The van der Waals surface area contributed by atoms with Crippen LogP contribution in [0.4, 0.5) is 10.1 Å². The number of anilines is 1. The molecule has 0 saturated carbocycles. The van der Waals surface area contributed by atoms with Crippen LogP contribution < -0.4 is 10.1 Å². The van der Waals surface area contributed by atoms with Crippen molar-refractivity contribution in [1.29, 1.82) is 0 Å². The number of imide groups is 1. The first kappa shape index (κ1) is 23.5. The van der Waals surface area contributed by atoms with E-state index in [0.717, 1.165) is 0 Å². The largest absolute Gasteiger partial charge is 0.491 e. The normalized spacial score (nSPS) is 14.2. The van der Waals surface area contributed by atoms with Gasteiger partial charge in [0.05, 0.1) is 17.8 Å². The fourth-order valence-electron chi connectivity index (χ4n) is 3.35. The average molecular weight is 441 g/mol. The van der Waals surface area contributed by atoms with Crippen LogP contribution in [0.1, 0.15) is 39.7 Å². The quantitative estimate of drug-likeness (QED) is 0.431. The molecule has 170 valence electrons. The molecule has 7 heteroatoms. The van der Waals surface area contributed by atoms with Crippen LogP contribution in [-0.2, 0) is 14.3 Å². The molecule has 0 radical (unpaired) electrons. The topological polar surface area (TPSA) is 67.9 Å². The summed E-state index contributed by atoms with van der Waals surface area (Å²) in [5, 5.41) is 3.02. The van der Waals surface area contributed by atoms with Gasteiger partial charge in [0.25, 0.3) is 11.8 Å². The highest BCUT2D eigenvalue weighted by Gasteiger charge is 2.38. The zero-order chi connectivity index (χ0) is 23.3. The number of ether oxygens (including phenoxy) is 2. The number of hydrogen-bond donors (Lipinski definition) is 1. The summed E-state index contributed by atoms with van der Waals surface area (Å²) in [6.45, 7) is 8.43. The Morgan fingerprint density at radius 3 is 2.16 bits per heavy atom. The summed E-state index contributed by atoms with van der Waals surface area (Å²) >= 11 is 0. The van der Waals surface area contributed by atoms with Gasteiger partial charge in [-0.25, -0.2) is 4.39 Å². The number of carbonyl (C=O) groups excluding carboxylic acids is 2. The van der Waals surface area contributed by atoms with Gasteiger partial charge in [0.15, 0.2) is 0 Å². The van der Waals surface area contributed by atoms with Gasteiger partial charge in [0.1, 0.15) is 17.3 Å². The highest BCUT2D eigenvalue weighted by atomic mass is 19.1. The summed E-state index contributed by atoms with van der Waals surface area (Å²) in [6, 6.07) is 12.7. The Morgan fingerprint density at radius 2 is 1.56 bits per heavy atom. The summed E-state index contributed by atoms with van der Waals surface area (Å²) < 4.78 is 24.5. The van der Waals surface area contributed by atoms with Gasteiger partial charge in [0.2, 0.25) is 0 Å². The second-order valence-corrected chi connectivity index (χ2v) is 8.11. The fourth-order valence-corrected chi connectivity index (χ4v) is 3.35. The summed E-state index contributed by atoms with van der Waals surface area (Å²) in [5.41, 5.74) is 1.57. The summed E-state index contributed by atoms with van der Waals surface area (Å²) in [4.78, 5) is 27.6. The van der Waals surface area contributed by atoms with Gasteiger partial charge in [-0.3, -0.25) is 14.5 Å². The van der Waals surface area contributed by atoms with Crippen molar-refractivity contribution >= 4 is 23.1 Å². The van der Waals surface area contributed by atoms with Crippen molar-refractivity contribution in [2.75, 3.05) is 18.5 Å². The molecule has 0 aromatic heterocycles. The lowest BCUT2D eigenvalue weighted by molar-refractivity contribution is -0.137. The molecular weight excluding hydrogens is 411 g/mol. The van der Waals surface area contributed by atoms with Crippen LogP contribution >= 0.6 is 0 Å². The van der Waals surface area contributed by atoms with E-state index >= 15 is 0 Å². The van der Waals surface area contributed by atoms with Crippen molar-refractivity contribution in [3.05, 3.63) is 65.6 Å². The Morgan fingerprint density at radius 1 is 0.906 bits per heavy atom. The average Bonchev–Trinajstić information content (AvgIpc) is 2.97. The predicted octanol–water partition coefficient (Wildman–Crippen LogP) is 4.62. The number of hydrogen-bond acceptors (Lipinski definition) is 5. The molecule has 1 aliphatic rings. The van der Waals surface area contributed by atoms with E-state index in [1.165, 1.54) is 29.2 Å². The number of rotatable bonds is 10. The van der Waals surface area contributed by atoms with Crippen LogP contribution in [0, 0.1) is 5.82 Å². The maximum Gasteiger partial charge on any atom is 0.278 e. The Kier molecular flexibility index (Phi) is 7.64. The molecule has 0 aliphatic carbocycles. The monoisotopic (exact) mass is 440 g/mol. The number of amides is 2. The van der Waals surface area contributed by atoms with Crippen molar-refractivity contribution in [3.8, 4) is 5.75 Å². The van der Waals surface area contributed by atoms with E-state index in [9.17, 15) is 14.0 Å². The van der Waals surface area contributed by atoms with Crippen molar-refractivity contribution in [3.63, 3.8) is 0 Å². The van der Waals surface area contributed by atoms with Crippen LogP contribution in [0.2, 0.25) is 0 Å². The summed E-state index contributed by atoms with van der Waals surface area (Å²) in [6.07, 6.45) is 0.637. The highest BCUT2D eigenvalue weighted by Crippen LogP contribution is 2.31. The lowest BCUT2D eigenvalue weighted by Gasteiger charge is -2.16. The zero-order valence-corrected chi connectivity index (χ0v) is 18.9. The molecule has 0 atom stereocenters. The number of carbonyl (C=O) groups is 2. The molecule has 32 heavy (non-hydrogen) atoms. The third-order valence-electron chi connectivity index (χ3n) is 4.77. The smallest absolute Gasteiger partial charge is 0.278 e. The Labute approximate surface area is 188 Å². The van der Waals surface area contributed by atoms with Gasteiger partial charge in [0, 0.05) is 18.8 Å². The molecule has 1 aliphatic heterocycles. The molecular formula is C25H29FN2O4. The van der Waals surface area contributed by atoms with E-state index in [2.05, 4.69) is 5.32 Å². The van der Waals surface area contributed by atoms with Gasteiger partial charge in [-0.2, -0.15) is 0 Å². The lowest BCUT2D eigenvalue weighted by atomic mass is 10.0. The summed E-state index contributed by atoms with van der Waals surface area (Å²) in [5.74, 6) is -0.494. The SMILES string of the molecule is CC(C)OCCCN1C(=O)C(Nc2ccc(F)cc2)=C(c2ccc(OC(C)C)cc2)C1=O. The molecule has 0 bridgehead atoms. The molecule has 1 heterocycles. The minimum Gasteiger partial charge on any atom is -0.491 e. The highest BCUT2D eigenvalue weighted by molar-refractivity contribution is 6.36. The van der Waals surface area contributed by atoms with E-state index in [1.807, 2.05) is 27.7 Å². The molecule has 3 rings (SSSR count). The maximum atomic E-state index is 13.3. The first-order chi connectivity index (χ1) is 15.3. The van der Waals surface area contributed by atoms with Gasteiger partial charge < -0.3 is 14.8 Å². The number of nitrogens with one attached hydrogen (secondary N) is 1. The Balaban J connectivity index is 1.89. The fraction of sp³-hybridized carbons (Fsp3) is 0.360. The summed E-state index contributed by atoms with van der Waals surface area (Å²) in [7, 11) is 0. The van der Waals surface area contributed by atoms with Crippen LogP contribution in [0.25, 0.3) is 5.57 Å². The van der Waals surface area contributed by atoms with Gasteiger partial charge in [-0.1, -0.05) is 12.1 Å². The van der Waals surface area contributed by atoms with Crippen LogP contribution in [0.5, 0.6) is 5.75 Å². The van der Waals surface area contributed by atoms with Gasteiger partial charge >= 0.3 is 0 Å². The molecule has 0 unspecified atom stereocenters. The lowest BCUT2D eigenvalue weighted by Crippen LogP contribution is -2.34. The minimum atomic E-state index is -0.415. The molecule has 0 fully saturated rings. The molecule has 2 aromatic carbocycles. The van der Waals surface area contributed by atoms with Crippen molar-refractivity contribution in [2.24, 2.45) is 0 Å². The van der Waals surface area contributed by atoms with Gasteiger partial charge in [-0.05, 0) is 76.1 Å². The zero-order valence-electron chi connectivity index (χ0n) is 18.9. The minimum absolute atomic E-state index is 0.0222. The molecule has 2 amide bonds. The number of halogens is 1.